The molecule has 0 aliphatic carbocycles. The Hall–Kier alpha value is -1.48. The van der Waals surface area contributed by atoms with Gasteiger partial charge in [-0.3, -0.25) is 0 Å². The highest BCUT2D eigenvalue weighted by Gasteiger charge is 2.22. The summed E-state index contributed by atoms with van der Waals surface area (Å²) in [5.74, 6) is 0.0666. The van der Waals surface area contributed by atoms with Crippen molar-refractivity contribution in [1.29, 1.82) is 0 Å². The van der Waals surface area contributed by atoms with E-state index in [4.69, 9.17) is 26.8 Å². The van der Waals surface area contributed by atoms with E-state index < -0.39 is 12.2 Å². The second-order valence-corrected chi connectivity index (χ2v) is 5.52. The number of aromatic nitrogens is 4. The van der Waals surface area contributed by atoms with Gasteiger partial charge in [-0.2, -0.15) is 9.97 Å². The van der Waals surface area contributed by atoms with Gasteiger partial charge in [-0.05, 0) is 13.8 Å². The van der Waals surface area contributed by atoms with Crippen molar-refractivity contribution >= 4 is 28.7 Å². The Morgan fingerprint density at radius 3 is 2.77 bits per heavy atom. The van der Waals surface area contributed by atoms with Gasteiger partial charge in [-0.15, -0.1) is 0 Å². The number of fused-ring (bicyclic) bond motifs is 1. The van der Waals surface area contributed by atoms with Crippen molar-refractivity contribution in [2.45, 2.75) is 38.7 Å². The van der Waals surface area contributed by atoms with Gasteiger partial charge >= 0.3 is 0 Å². The van der Waals surface area contributed by atoms with E-state index in [1.54, 1.807) is 10.9 Å². The van der Waals surface area contributed by atoms with E-state index >= 15 is 0 Å². The number of hydrogen-bond acceptors (Lipinski definition) is 7. The van der Waals surface area contributed by atoms with Crippen LogP contribution >= 0.6 is 11.6 Å². The molecule has 0 amide bonds. The van der Waals surface area contributed by atoms with Crippen LogP contribution in [-0.2, 0) is 16.0 Å². The first kappa shape index (κ1) is 16.9. The zero-order valence-electron chi connectivity index (χ0n) is 12.7. The van der Waals surface area contributed by atoms with Crippen molar-refractivity contribution in [3.8, 4) is 0 Å². The first-order chi connectivity index (χ1) is 10.4. The standard InChI is InChI=1S/C13H20ClN5O3/c1-7(2)22-5-8(20)9(21-3)4-19-6-16-10-11(14)17-13(15)18-12(10)19/h6-9,20H,4-5H2,1-3H3,(H2,15,17,18). The third-order valence-corrected chi connectivity index (χ3v) is 3.41. The van der Waals surface area contributed by atoms with E-state index in [0.717, 1.165) is 0 Å². The SMILES string of the molecule is COC(Cn1cnc2c(Cl)nc(N)nc21)C(O)COC(C)C. The van der Waals surface area contributed by atoms with Crippen LogP contribution in [0.3, 0.4) is 0 Å². The zero-order chi connectivity index (χ0) is 16.3. The first-order valence-corrected chi connectivity index (χ1v) is 7.26. The number of methoxy groups -OCH3 is 1. The molecule has 0 radical (unpaired) electrons. The van der Waals surface area contributed by atoms with Crippen LogP contribution in [-0.4, -0.2) is 56.7 Å². The average Bonchev–Trinajstić information content (AvgIpc) is 2.85. The number of aliphatic hydroxyl groups is 1. The van der Waals surface area contributed by atoms with Gasteiger partial charge in [0.1, 0.15) is 17.7 Å². The molecule has 122 valence electrons. The highest BCUT2D eigenvalue weighted by molar-refractivity contribution is 6.33. The van der Waals surface area contributed by atoms with Crippen LogP contribution < -0.4 is 5.73 Å². The van der Waals surface area contributed by atoms with Gasteiger partial charge in [0.2, 0.25) is 5.95 Å². The van der Waals surface area contributed by atoms with E-state index in [0.29, 0.717) is 17.7 Å². The normalized spacial score (nSPS) is 14.6. The maximum Gasteiger partial charge on any atom is 0.223 e. The Labute approximate surface area is 133 Å². The Kier molecular flexibility index (Phi) is 5.52. The van der Waals surface area contributed by atoms with Crippen LogP contribution in [0.2, 0.25) is 5.15 Å². The van der Waals surface area contributed by atoms with Gasteiger partial charge in [0.05, 0.1) is 25.6 Å². The molecule has 2 rings (SSSR count). The molecule has 2 aromatic heterocycles. The smallest absolute Gasteiger partial charge is 0.223 e. The maximum absolute atomic E-state index is 10.2. The predicted molar refractivity (Wildman–Crippen MR) is 82.6 cm³/mol. The number of imidazole rings is 1. The van der Waals surface area contributed by atoms with Gasteiger partial charge in [0.25, 0.3) is 0 Å². The van der Waals surface area contributed by atoms with Crippen molar-refractivity contribution in [2.75, 3.05) is 19.5 Å². The lowest BCUT2D eigenvalue weighted by molar-refractivity contribution is -0.0726. The molecule has 0 aromatic carbocycles. The summed E-state index contributed by atoms with van der Waals surface area (Å²) in [6, 6.07) is 0. The van der Waals surface area contributed by atoms with Crippen molar-refractivity contribution in [1.82, 2.24) is 19.5 Å². The van der Waals surface area contributed by atoms with Crippen molar-refractivity contribution < 1.29 is 14.6 Å². The van der Waals surface area contributed by atoms with Gasteiger partial charge in [-0.1, -0.05) is 11.6 Å². The summed E-state index contributed by atoms with van der Waals surface area (Å²) in [6.45, 7) is 4.32. The Balaban J connectivity index is 2.17. The van der Waals surface area contributed by atoms with Gasteiger partial charge in [0, 0.05) is 7.11 Å². The number of nitrogens with two attached hydrogens (primary N) is 1. The Morgan fingerprint density at radius 1 is 1.41 bits per heavy atom. The summed E-state index contributed by atoms with van der Waals surface area (Å²) in [4.78, 5) is 12.1. The molecule has 22 heavy (non-hydrogen) atoms. The molecule has 0 aliphatic heterocycles. The molecule has 0 aliphatic rings. The van der Waals surface area contributed by atoms with Crippen molar-refractivity contribution in [3.63, 3.8) is 0 Å². The first-order valence-electron chi connectivity index (χ1n) is 6.88. The van der Waals surface area contributed by atoms with Gasteiger partial charge < -0.3 is 24.9 Å². The summed E-state index contributed by atoms with van der Waals surface area (Å²) < 4.78 is 12.5. The summed E-state index contributed by atoms with van der Waals surface area (Å²) in [6.07, 6.45) is 0.338. The fraction of sp³-hybridized carbons (Fsp3) is 0.615. The van der Waals surface area contributed by atoms with Crippen LogP contribution in [0.4, 0.5) is 5.95 Å². The highest BCUT2D eigenvalue weighted by Crippen LogP contribution is 2.20. The molecular weight excluding hydrogens is 310 g/mol. The number of ether oxygens (including phenoxy) is 2. The summed E-state index contributed by atoms with van der Waals surface area (Å²) in [5.41, 5.74) is 6.56. The second-order valence-electron chi connectivity index (χ2n) is 5.17. The van der Waals surface area contributed by atoms with Crippen molar-refractivity contribution in [2.24, 2.45) is 0 Å². The number of aliphatic hydroxyl groups excluding tert-OH is 1. The minimum Gasteiger partial charge on any atom is -0.388 e. The van der Waals surface area contributed by atoms with E-state index in [2.05, 4.69) is 15.0 Å². The number of nitrogens with zero attached hydrogens (tertiary/aromatic N) is 4. The average molecular weight is 330 g/mol. The van der Waals surface area contributed by atoms with E-state index in [1.165, 1.54) is 7.11 Å². The fourth-order valence-corrected chi connectivity index (χ4v) is 2.22. The van der Waals surface area contributed by atoms with Crippen LogP contribution in [0.25, 0.3) is 11.2 Å². The molecule has 3 N–H and O–H groups in total. The summed E-state index contributed by atoms with van der Waals surface area (Å²) in [7, 11) is 1.53. The molecule has 0 saturated heterocycles. The predicted octanol–water partition coefficient (Wildman–Crippen LogP) is 0.863. The lowest BCUT2D eigenvalue weighted by Crippen LogP contribution is -2.36. The van der Waals surface area contributed by atoms with Crippen molar-refractivity contribution in [3.05, 3.63) is 11.5 Å². The molecule has 2 heterocycles. The second kappa shape index (κ2) is 7.19. The Bertz CT molecular complexity index is 633. The molecule has 0 fully saturated rings. The molecule has 0 spiro atoms. The minimum absolute atomic E-state index is 0.0348. The van der Waals surface area contributed by atoms with Gasteiger partial charge in [-0.25, -0.2) is 4.98 Å². The molecule has 8 nitrogen and oxygen atoms in total. The van der Waals surface area contributed by atoms with E-state index in [-0.39, 0.29) is 23.8 Å². The van der Waals surface area contributed by atoms with Crippen LogP contribution in [0.1, 0.15) is 13.8 Å². The third-order valence-electron chi connectivity index (χ3n) is 3.15. The number of anilines is 1. The monoisotopic (exact) mass is 329 g/mol. The zero-order valence-corrected chi connectivity index (χ0v) is 13.5. The Morgan fingerprint density at radius 2 is 2.14 bits per heavy atom. The van der Waals surface area contributed by atoms with Crippen LogP contribution in [0.15, 0.2) is 6.33 Å². The van der Waals surface area contributed by atoms with Crippen LogP contribution in [0.5, 0.6) is 0 Å². The quantitative estimate of drug-likeness (QED) is 0.725. The maximum atomic E-state index is 10.2. The lowest BCUT2D eigenvalue weighted by Gasteiger charge is -2.23. The summed E-state index contributed by atoms with van der Waals surface area (Å²) >= 11 is 5.99. The molecule has 2 aromatic rings. The van der Waals surface area contributed by atoms with Gasteiger partial charge in [0.15, 0.2) is 10.8 Å². The number of nitrogen functional groups attached to an aromatic ring is 1. The lowest BCUT2D eigenvalue weighted by atomic mass is 10.2. The van der Waals surface area contributed by atoms with E-state index in [9.17, 15) is 5.11 Å². The molecule has 2 atom stereocenters. The third kappa shape index (κ3) is 3.83. The fourth-order valence-electron chi connectivity index (χ4n) is 2.00. The number of halogens is 1. The molecule has 2 unspecified atom stereocenters. The largest absolute Gasteiger partial charge is 0.388 e. The molecule has 0 saturated carbocycles. The van der Waals surface area contributed by atoms with E-state index in [1.807, 2.05) is 13.8 Å². The van der Waals surface area contributed by atoms with Crippen LogP contribution in [0, 0.1) is 0 Å². The number of rotatable bonds is 7. The molecule has 9 heteroatoms. The molecular formula is C13H20ClN5O3. The summed E-state index contributed by atoms with van der Waals surface area (Å²) in [5, 5.41) is 10.4. The topological polar surface area (TPSA) is 108 Å². The molecule has 0 bridgehead atoms. The minimum atomic E-state index is -0.778. The highest BCUT2D eigenvalue weighted by atomic mass is 35.5. The number of hydrogen-bond donors (Lipinski definition) is 2.